The van der Waals surface area contributed by atoms with E-state index in [-0.39, 0.29) is 23.7 Å². The summed E-state index contributed by atoms with van der Waals surface area (Å²) >= 11 is 0. The number of nitrogens with zero attached hydrogens (tertiary/aromatic N) is 4. The fourth-order valence-electron chi connectivity index (χ4n) is 4.79. The highest BCUT2D eigenvalue weighted by Crippen LogP contribution is 2.30. The van der Waals surface area contributed by atoms with Gasteiger partial charge in [0, 0.05) is 37.3 Å². The van der Waals surface area contributed by atoms with Gasteiger partial charge in [0.1, 0.15) is 5.78 Å². The molecule has 2 aliphatic rings. The van der Waals surface area contributed by atoms with Crippen LogP contribution in [0.3, 0.4) is 0 Å². The van der Waals surface area contributed by atoms with Crippen molar-refractivity contribution in [2.75, 3.05) is 18.4 Å². The van der Waals surface area contributed by atoms with E-state index in [4.69, 9.17) is 4.42 Å². The Morgan fingerprint density at radius 2 is 2.03 bits per heavy atom. The molecule has 1 aromatic carbocycles. The molecule has 5 rings (SSSR count). The summed E-state index contributed by atoms with van der Waals surface area (Å²) in [4.78, 5) is 12.9. The van der Waals surface area contributed by atoms with E-state index in [9.17, 15) is 4.79 Å². The standard InChI is InChI=1S/C22H27N7O2/c30-20(18-12-23-9-8-17(18)19-13-24-29-26-19)6-3-7-21-27-28-22(31-21)25-16-10-14-4-1-2-5-15(14)11-16/h1-2,4-5,13,16-18,23H,3,6-12H2,(H,25,28)(H,24,26,29). The van der Waals surface area contributed by atoms with E-state index in [1.165, 1.54) is 11.1 Å². The van der Waals surface area contributed by atoms with Crippen LogP contribution in [0.1, 0.15) is 47.9 Å². The summed E-state index contributed by atoms with van der Waals surface area (Å²) in [6.07, 6.45) is 6.33. The summed E-state index contributed by atoms with van der Waals surface area (Å²) in [5, 5.41) is 25.7. The van der Waals surface area contributed by atoms with Crippen LogP contribution >= 0.6 is 0 Å². The molecule has 3 N–H and O–H groups in total. The largest absolute Gasteiger partial charge is 0.408 e. The molecule has 9 nitrogen and oxygen atoms in total. The van der Waals surface area contributed by atoms with Crippen molar-refractivity contribution in [2.24, 2.45) is 5.92 Å². The summed E-state index contributed by atoms with van der Waals surface area (Å²) in [7, 11) is 0. The number of ketones is 1. The zero-order valence-corrected chi connectivity index (χ0v) is 17.4. The first kappa shape index (κ1) is 19.9. The van der Waals surface area contributed by atoms with E-state index in [1.807, 2.05) is 0 Å². The van der Waals surface area contributed by atoms with Gasteiger partial charge in [-0.05, 0) is 43.4 Å². The summed E-state index contributed by atoms with van der Waals surface area (Å²) in [6.45, 7) is 1.58. The van der Waals surface area contributed by atoms with Gasteiger partial charge in [-0.1, -0.05) is 29.4 Å². The van der Waals surface area contributed by atoms with E-state index in [1.54, 1.807) is 6.20 Å². The number of piperidine rings is 1. The van der Waals surface area contributed by atoms with Gasteiger partial charge in [0.2, 0.25) is 5.89 Å². The van der Waals surface area contributed by atoms with Crippen LogP contribution < -0.4 is 10.6 Å². The Morgan fingerprint density at radius 1 is 1.19 bits per heavy atom. The van der Waals surface area contributed by atoms with Crippen molar-refractivity contribution in [3.8, 4) is 0 Å². The summed E-state index contributed by atoms with van der Waals surface area (Å²) in [6, 6.07) is 9.22. The third-order valence-electron chi connectivity index (χ3n) is 6.37. The molecule has 1 aliphatic carbocycles. The van der Waals surface area contributed by atoms with Gasteiger partial charge in [-0.25, -0.2) is 0 Å². The number of aromatic nitrogens is 5. The summed E-state index contributed by atoms with van der Waals surface area (Å²) in [5.74, 6) is 0.882. The molecule has 9 heteroatoms. The normalized spacial score (nSPS) is 21.2. The molecule has 3 heterocycles. The number of aryl methyl sites for hydroxylation is 1. The van der Waals surface area contributed by atoms with Crippen molar-refractivity contribution in [2.45, 2.75) is 50.5 Å². The van der Waals surface area contributed by atoms with Gasteiger partial charge in [0.05, 0.1) is 11.9 Å². The highest BCUT2D eigenvalue weighted by atomic mass is 16.4. The van der Waals surface area contributed by atoms with Crippen LogP contribution in [0.4, 0.5) is 6.01 Å². The molecule has 1 fully saturated rings. The second kappa shape index (κ2) is 8.97. The average Bonchev–Trinajstić information content (AvgIpc) is 3.55. The molecule has 2 aromatic heterocycles. The monoisotopic (exact) mass is 421 g/mol. The molecular formula is C22H27N7O2. The highest BCUT2D eigenvalue weighted by Gasteiger charge is 2.33. The topological polar surface area (TPSA) is 122 Å². The van der Waals surface area contributed by atoms with Crippen molar-refractivity contribution in [1.82, 2.24) is 30.9 Å². The maximum absolute atomic E-state index is 12.9. The number of hydrogen-bond acceptors (Lipinski definition) is 8. The maximum atomic E-state index is 12.9. The van der Waals surface area contributed by atoms with Crippen LogP contribution in [0.25, 0.3) is 0 Å². The first-order valence-electron chi connectivity index (χ1n) is 11.0. The third-order valence-corrected chi connectivity index (χ3v) is 6.37. The van der Waals surface area contributed by atoms with Crippen molar-refractivity contribution in [3.63, 3.8) is 0 Å². The van der Waals surface area contributed by atoms with Gasteiger partial charge in [0.25, 0.3) is 0 Å². The molecule has 3 aromatic rings. The number of hydrogen-bond donors (Lipinski definition) is 3. The van der Waals surface area contributed by atoms with Crippen molar-refractivity contribution in [3.05, 3.63) is 53.2 Å². The Morgan fingerprint density at radius 3 is 2.81 bits per heavy atom. The van der Waals surface area contributed by atoms with E-state index in [0.29, 0.717) is 37.7 Å². The first-order chi connectivity index (χ1) is 15.3. The Bertz CT molecular complexity index is 992. The molecule has 0 amide bonds. The highest BCUT2D eigenvalue weighted by molar-refractivity contribution is 5.82. The molecule has 1 aliphatic heterocycles. The summed E-state index contributed by atoms with van der Waals surface area (Å²) < 4.78 is 5.77. The van der Waals surface area contributed by atoms with Crippen molar-refractivity contribution < 1.29 is 9.21 Å². The van der Waals surface area contributed by atoms with E-state index >= 15 is 0 Å². The van der Waals surface area contributed by atoms with Crippen LogP contribution in [-0.2, 0) is 24.1 Å². The van der Waals surface area contributed by atoms with E-state index in [0.717, 1.165) is 31.5 Å². The van der Waals surface area contributed by atoms with Gasteiger partial charge in [-0.15, -0.1) is 5.10 Å². The smallest absolute Gasteiger partial charge is 0.315 e. The number of anilines is 1. The number of Topliss-reactive ketones (excluding diaryl/α,β-unsaturated/α-hetero) is 1. The van der Waals surface area contributed by atoms with Crippen LogP contribution in [0.2, 0.25) is 0 Å². The lowest BCUT2D eigenvalue weighted by Gasteiger charge is -2.29. The molecule has 0 saturated carbocycles. The lowest BCUT2D eigenvalue weighted by molar-refractivity contribution is -0.124. The molecule has 2 atom stereocenters. The van der Waals surface area contributed by atoms with Crippen molar-refractivity contribution >= 4 is 11.8 Å². The van der Waals surface area contributed by atoms with Crippen molar-refractivity contribution in [1.29, 1.82) is 0 Å². The minimum atomic E-state index is -0.0669. The average molecular weight is 422 g/mol. The fraction of sp³-hybridized carbons (Fsp3) is 0.500. The number of carbonyl (C=O) groups is 1. The number of H-pyrrole nitrogens is 1. The molecule has 0 radical (unpaired) electrons. The molecule has 2 unspecified atom stereocenters. The minimum Gasteiger partial charge on any atom is -0.408 e. The first-order valence-corrected chi connectivity index (χ1v) is 11.0. The Kier molecular flexibility index (Phi) is 5.75. The zero-order chi connectivity index (χ0) is 21.0. The van der Waals surface area contributed by atoms with Gasteiger partial charge < -0.3 is 15.1 Å². The zero-order valence-electron chi connectivity index (χ0n) is 17.4. The van der Waals surface area contributed by atoms with Crippen LogP contribution in [0, 0.1) is 5.92 Å². The predicted molar refractivity (Wildman–Crippen MR) is 114 cm³/mol. The SMILES string of the molecule is O=C(CCCc1nnc(NC2Cc3ccccc3C2)o1)C1CNCCC1c1cn[nH]n1. The molecule has 0 bridgehead atoms. The number of benzene rings is 1. The molecule has 1 saturated heterocycles. The Labute approximate surface area is 180 Å². The van der Waals surface area contributed by atoms with Gasteiger partial charge >= 0.3 is 6.01 Å². The number of fused-ring (bicyclic) bond motifs is 1. The minimum absolute atomic E-state index is 0.0669. The second-order valence-electron chi connectivity index (χ2n) is 8.44. The molecule has 162 valence electrons. The molecule has 31 heavy (non-hydrogen) atoms. The van der Waals surface area contributed by atoms with Gasteiger partial charge in [-0.3, -0.25) is 4.79 Å². The van der Waals surface area contributed by atoms with Crippen LogP contribution in [0.15, 0.2) is 34.9 Å². The lowest BCUT2D eigenvalue weighted by Crippen LogP contribution is -2.39. The maximum Gasteiger partial charge on any atom is 0.315 e. The van der Waals surface area contributed by atoms with E-state index < -0.39 is 0 Å². The number of nitrogens with one attached hydrogen (secondary N) is 3. The molecule has 0 spiro atoms. The lowest BCUT2D eigenvalue weighted by atomic mass is 9.80. The van der Waals surface area contributed by atoms with Gasteiger partial charge in [-0.2, -0.15) is 15.4 Å². The summed E-state index contributed by atoms with van der Waals surface area (Å²) in [5.41, 5.74) is 3.63. The second-order valence-corrected chi connectivity index (χ2v) is 8.44. The number of carbonyl (C=O) groups excluding carboxylic acids is 1. The van der Waals surface area contributed by atoms with Crippen LogP contribution in [-0.4, -0.2) is 50.5 Å². The molecular weight excluding hydrogens is 394 g/mol. The number of aromatic amines is 1. The van der Waals surface area contributed by atoms with E-state index in [2.05, 4.69) is 60.5 Å². The predicted octanol–water partition coefficient (Wildman–Crippen LogP) is 2.05. The van der Waals surface area contributed by atoms with Gasteiger partial charge in [0.15, 0.2) is 0 Å². The number of rotatable bonds is 8. The Balaban J connectivity index is 1.10. The quantitative estimate of drug-likeness (QED) is 0.505. The van der Waals surface area contributed by atoms with Crippen LogP contribution in [0.5, 0.6) is 0 Å². The fourth-order valence-corrected chi connectivity index (χ4v) is 4.79. The Hall–Kier alpha value is -3.07. The third kappa shape index (κ3) is 4.51.